The monoisotopic (exact) mass is 387 g/mol. The number of pyridine rings is 1. The van der Waals surface area contributed by atoms with Crippen LogP contribution in [0.25, 0.3) is 22.2 Å². The largest absolute Gasteiger partial charge is 0.497 e. The van der Waals surface area contributed by atoms with Crippen LogP contribution in [0, 0.1) is 0 Å². The molecule has 0 aliphatic carbocycles. The molecule has 0 fully saturated rings. The number of fused-ring (bicyclic) bond motifs is 3. The number of ether oxygens (including phenoxy) is 1. The number of methoxy groups -OCH3 is 1. The molecule has 7 heteroatoms. The molecule has 0 N–H and O–H groups in total. The molecule has 0 spiro atoms. The minimum Gasteiger partial charge on any atom is -0.497 e. The van der Waals surface area contributed by atoms with E-state index in [0.717, 1.165) is 15.8 Å². The number of benzene rings is 1. The molecule has 3 aromatic heterocycles. The second kappa shape index (κ2) is 5.43. The van der Waals surface area contributed by atoms with E-state index in [1.165, 1.54) is 11.3 Å². The molecule has 3 heterocycles. The van der Waals surface area contributed by atoms with Crippen molar-refractivity contribution in [3.05, 3.63) is 61.5 Å². The van der Waals surface area contributed by atoms with E-state index < -0.39 is 0 Å². The summed E-state index contributed by atoms with van der Waals surface area (Å²) in [6.45, 7) is 0. The summed E-state index contributed by atoms with van der Waals surface area (Å²) in [5.74, 6) is 0.784. The first-order chi connectivity index (χ1) is 11.2. The molecule has 0 radical (unpaired) electrons. The van der Waals surface area contributed by atoms with Crippen molar-refractivity contribution in [3.8, 4) is 5.75 Å². The minimum absolute atomic E-state index is 0.0989. The van der Waals surface area contributed by atoms with Gasteiger partial charge in [-0.05, 0) is 45.8 Å². The van der Waals surface area contributed by atoms with E-state index >= 15 is 0 Å². The molecule has 114 valence electrons. The summed E-state index contributed by atoms with van der Waals surface area (Å²) in [6, 6.07) is 9.41. The third-order valence-corrected chi connectivity index (χ3v) is 4.86. The van der Waals surface area contributed by atoms with Gasteiger partial charge < -0.3 is 4.74 Å². The zero-order valence-corrected chi connectivity index (χ0v) is 14.4. The molecule has 0 atom stereocenters. The Bertz CT molecular complexity index is 1130. The maximum absolute atomic E-state index is 12.6. The number of thiazole rings is 1. The Balaban J connectivity index is 1.92. The summed E-state index contributed by atoms with van der Waals surface area (Å²) in [7, 11) is 1.62. The second-order valence-electron chi connectivity index (χ2n) is 4.92. The summed E-state index contributed by atoms with van der Waals surface area (Å²) in [6.07, 6.45) is 3.52. The van der Waals surface area contributed by atoms with Gasteiger partial charge in [0.15, 0.2) is 10.6 Å². The summed E-state index contributed by atoms with van der Waals surface area (Å²) in [5, 5.41) is 0. The van der Waals surface area contributed by atoms with Gasteiger partial charge in [-0.25, -0.2) is 14.4 Å². The predicted molar refractivity (Wildman–Crippen MR) is 94.1 cm³/mol. The van der Waals surface area contributed by atoms with Crippen LogP contribution in [0.3, 0.4) is 0 Å². The number of nitrogens with zero attached hydrogens (tertiary/aromatic N) is 3. The van der Waals surface area contributed by atoms with Crippen LogP contribution in [0.5, 0.6) is 5.75 Å². The van der Waals surface area contributed by atoms with Gasteiger partial charge >= 0.3 is 0 Å². The van der Waals surface area contributed by atoms with Crippen LogP contribution in [-0.4, -0.2) is 21.5 Å². The van der Waals surface area contributed by atoms with Gasteiger partial charge in [-0.1, -0.05) is 23.5 Å². The lowest BCUT2D eigenvalue weighted by Gasteiger charge is -1.98. The van der Waals surface area contributed by atoms with E-state index in [9.17, 15) is 4.79 Å². The summed E-state index contributed by atoms with van der Waals surface area (Å²) in [5.41, 5.74) is 2.13. The molecular weight excluding hydrogens is 378 g/mol. The van der Waals surface area contributed by atoms with Gasteiger partial charge in [0.25, 0.3) is 5.56 Å². The Morgan fingerprint density at radius 1 is 1.30 bits per heavy atom. The lowest BCUT2D eigenvalue weighted by Crippen LogP contribution is -2.22. The first kappa shape index (κ1) is 14.3. The van der Waals surface area contributed by atoms with E-state index in [1.807, 2.05) is 36.4 Å². The van der Waals surface area contributed by atoms with Gasteiger partial charge in [0.05, 0.1) is 11.6 Å². The lowest BCUT2D eigenvalue weighted by molar-refractivity contribution is 0.415. The van der Waals surface area contributed by atoms with Crippen molar-refractivity contribution in [2.45, 2.75) is 0 Å². The van der Waals surface area contributed by atoms with E-state index in [-0.39, 0.29) is 5.56 Å². The molecule has 0 unspecified atom stereocenters. The quantitative estimate of drug-likeness (QED) is 0.530. The topological polar surface area (TPSA) is 56.5 Å². The van der Waals surface area contributed by atoms with Gasteiger partial charge in [0, 0.05) is 10.7 Å². The van der Waals surface area contributed by atoms with Crippen LogP contribution in [-0.2, 0) is 0 Å². The summed E-state index contributed by atoms with van der Waals surface area (Å²) in [4.78, 5) is 22.1. The highest BCUT2D eigenvalue weighted by atomic mass is 79.9. The predicted octanol–water partition coefficient (Wildman–Crippen LogP) is 2.62. The van der Waals surface area contributed by atoms with Crippen molar-refractivity contribution in [1.29, 1.82) is 0 Å². The number of rotatable bonds is 2. The number of halogens is 1. The third kappa shape index (κ3) is 2.42. The smallest absolute Gasteiger partial charge is 0.276 e. The fraction of sp³-hybridized carbons (Fsp3) is 0.0625. The van der Waals surface area contributed by atoms with E-state index in [2.05, 4.69) is 25.9 Å². The Labute approximate surface area is 143 Å². The highest BCUT2D eigenvalue weighted by molar-refractivity contribution is 9.10. The SMILES string of the molecule is COc1ccc(C=c2sc3nc4cc(Br)cnc4n3c2=O)cc1. The van der Waals surface area contributed by atoms with Crippen molar-refractivity contribution in [1.82, 2.24) is 14.4 Å². The Morgan fingerprint density at radius 3 is 2.83 bits per heavy atom. The van der Waals surface area contributed by atoms with Crippen LogP contribution in [0.15, 0.2) is 45.8 Å². The number of hydrogen-bond donors (Lipinski definition) is 0. The maximum Gasteiger partial charge on any atom is 0.276 e. The molecule has 5 nitrogen and oxygen atoms in total. The Hall–Kier alpha value is -2.25. The van der Waals surface area contributed by atoms with E-state index in [4.69, 9.17) is 4.74 Å². The van der Waals surface area contributed by atoms with E-state index in [0.29, 0.717) is 20.7 Å². The average molecular weight is 388 g/mol. The molecule has 23 heavy (non-hydrogen) atoms. The molecule has 0 amide bonds. The van der Waals surface area contributed by atoms with E-state index in [1.54, 1.807) is 17.7 Å². The van der Waals surface area contributed by atoms with Crippen molar-refractivity contribution in [2.24, 2.45) is 0 Å². The molecule has 0 bridgehead atoms. The molecular formula is C16H10BrN3O2S. The summed E-state index contributed by atoms with van der Waals surface area (Å²) < 4.78 is 8.16. The zero-order chi connectivity index (χ0) is 16.0. The first-order valence-corrected chi connectivity index (χ1v) is 8.39. The van der Waals surface area contributed by atoms with Gasteiger partial charge in [-0.3, -0.25) is 4.79 Å². The van der Waals surface area contributed by atoms with Gasteiger partial charge in [0.2, 0.25) is 0 Å². The van der Waals surface area contributed by atoms with Crippen LogP contribution < -0.4 is 14.8 Å². The summed E-state index contributed by atoms with van der Waals surface area (Å²) >= 11 is 4.72. The lowest BCUT2D eigenvalue weighted by atomic mass is 10.2. The van der Waals surface area contributed by atoms with Crippen molar-refractivity contribution in [2.75, 3.05) is 7.11 Å². The molecule has 4 rings (SSSR count). The van der Waals surface area contributed by atoms with Crippen LogP contribution in [0.4, 0.5) is 0 Å². The van der Waals surface area contributed by atoms with Gasteiger partial charge in [-0.15, -0.1) is 0 Å². The van der Waals surface area contributed by atoms with Gasteiger partial charge in [0.1, 0.15) is 11.3 Å². The number of aromatic nitrogens is 3. The standard InChI is InChI=1S/C16H10BrN3O2S/c1-22-11-4-2-9(3-5-11)6-13-15(21)20-14-12(19-16(20)23-13)7-10(17)8-18-14/h2-8H,1H3. The fourth-order valence-electron chi connectivity index (χ4n) is 2.37. The van der Waals surface area contributed by atoms with Crippen LogP contribution >= 0.6 is 27.3 Å². The Morgan fingerprint density at radius 2 is 2.09 bits per heavy atom. The zero-order valence-electron chi connectivity index (χ0n) is 12.0. The number of hydrogen-bond acceptors (Lipinski definition) is 5. The van der Waals surface area contributed by atoms with Crippen molar-refractivity contribution < 1.29 is 4.74 Å². The first-order valence-electron chi connectivity index (χ1n) is 6.78. The Kier molecular flexibility index (Phi) is 3.39. The van der Waals surface area contributed by atoms with Crippen molar-refractivity contribution in [3.63, 3.8) is 0 Å². The average Bonchev–Trinajstić information content (AvgIpc) is 3.04. The van der Waals surface area contributed by atoms with Crippen LogP contribution in [0.2, 0.25) is 0 Å². The minimum atomic E-state index is -0.0989. The third-order valence-electron chi connectivity index (χ3n) is 3.46. The van der Waals surface area contributed by atoms with Gasteiger partial charge in [-0.2, -0.15) is 0 Å². The normalized spacial score (nSPS) is 12.3. The highest BCUT2D eigenvalue weighted by Gasteiger charge is 2.12. The van der Waals surface area contributed by atoms with Crippen molar-refractivity contribution >= 4 is 49.5 Å². The highest BCUT2D eigenvalue weighted by Crippen LogP contribution is 2.18. The molecule has 0 saturated heterocycles. The maximum atomic E-state index is 12.6. The van der Waals surface area contributed by atoms with Crippen LogP contribution in [0.1, 0.15) is 5.56 Å². The second-order valence-corrected chi connectivity index (χ2v) is 6.84. The molecule has 0 aliphatic heterocycles. The fourth-order valence-corrected chi connectivity index (χ4v) is 3.66. The molecule has 1 aromatic carbocycles. The molecule has 0 saturated carbocycles. The molecule has 0 aliphatic rings. The molecule has 4 aromatic rings. The number of imidazole rings is 1.